The molecule has 1 saturated carbocycles. The molecule has 2 heterocycles. The van der Waals surface area contributed by atoms with Crippen molar-refractivity contribution in [1.29, 1.82) is 0 Å². The predicted octanol–water partition coefficient (Wildman–Crippen LogP) is 5.20. The third-order valence-electron chi connectivity index (χ3n) is 9.90. The minimum atomic E-state index is -1.33. The molecule has 9 heteroatoms. The summed E-state index contributed by atoms with van der Waals surface area (Å²) in [7, 11) is 1.48. The second kappa shape index (κ2) is 8.73. The van der Waals surface area contributed by atoms with Crippen LogP contribution in [0.15, 0.2) is 66.2 Å². The van der Waals surface area contributed by atoms with Crippen LogP contribution in [0.2, 0.25) is 5.02 Å². The van der Waals surface area contributed by atoms with Gasteiger partial charge in [0, 0.05) is 23.9 Å². The average Bonchev–Trinajstić information content (AvgIpc) is 3.30. The summed E-state index contributed by atoms with van der Waals surface area (Å²) in [5.74, 6) is -5.43. The molecule has 4 aliphatic rings. The number of imide groups is 2. The number of likely N-dealkylation sites (tertiary alicyclic amines) is 1. The Balaban J connectivity index is 1.45. The summed E-state index contributed by atoms with van der Waals surface area (Å²) in [5.41, 5.74) is 0.0955. The van der Waals surface area contributed by atoms with Gasteiger partial charge in [0.25, 0.3) is 0 Å². The highest BCUT2D eigenvalue weighted by atomic mass is 35.5. The van der Waals surface area contributed by atoms with Gasteiger partial charge in [-0.05, 0) is 49.3 Å². The van der Waals surface area contributed by atoms with Gasteiger partial charge in [0.1, 0.15) is 11.6 Å². The summed E-state index contributed by atoms with van der Waals surface area (Å²) < 4.78 is 14.0. The van der Waals surface area contributed by atoms with Gasteiger partial charge < -0.3 is 5.11 Å². The van der Waals surface area contributed by atoms with Gasteiger partial charge in [-0.1, -0.05) is 59.6 Å². The largest absolute Gasteiger partial charge is 0.507 e. The molecule has 0 bridgehead atoms. The van der Waals surface area contributed by atoms with Crippen LogP contribution in [0.25, 0.3) is 10.8 Å². The molecule has 2 aliphatic heterocycles. The van der Waals surface area contributed by atoms with E-state index in [1.54, 1.807) is 19.1 Å². The zero-order valence-electron chi connectivity index (χ0n) is 22.3. The lowest BCUT2D eigenvalue weighted by atomic mass is 9.51. The first-order valence-corrected chi connectivity index (χ1v) is 14.0. The summed E-state index contributed by atoms with van der Waals surface area (Å²) in [6.45, 7) is 1.74. The fourth-order valence-electron chi connectivity index (χ4n) is 7.89. The number of fused-ring (bicyclic) bond motifs is 5. The minimum absolute atomic E-state index is 0.00576. The quantitative estimate of drug-likeness (QED) is 0.336. The Kier molecular flexibility index (Phi) is 5.51. The van der Waals surface area contributed by atoms with E-state index >= 15 is 0 Å². The minimum Gasteiger partial charge on any atom is -0.507 e. The molecule has 7 rings (SSSR count). The highest BCUT2D eigenvalue weighted by molar-refractivity contribution is 6.31. The first-order chi connectivity index (χ1) is 19.6. The number of amides is 4. The second-order valence-electron chi connectivity index (χ2n) is 11.7. The van der Waals surface area contributed by atoms with E-state index in [-0.39, 0.29) is 34.7 Å². The molecule has 0 spiro atoms. The Morgan fingerprint density at radius 3 is 2.49 bits per heavy atom. The topological polar surface area (TPSA) is 95.0 Å². The highest BCUT2D eigenvalue weighted by Crippen LogP contribution is 2.64. The van der Waals surface area contributed by atoms with Gasteiger partial charge in [0.15, 0.2) is 0 Å². The lowest BCUT2D eigenvalue weighted by Crippen LogP contribution is -2.48. The molecule has 2 saturated heterocycles. The average molecular weight is 573 g/mol. The van der Waals surface area contributed by atoms with Crippen molar-refractivity contribution < 1.29 is 28.7 Å². The van der Waals surface area contributed by atoms with Crippen LogP contribution in [0.4, 0.5) is 10.1 Å². The van der Waals surface area contributed by atoms with E-state index in [4.69, 9.17) is 11.6 Å². The lowest BCUT2D eigenvalue weighted by molar-refractivity contribution is -0.138. The summed E-state index contributed by atoms with van der Waals surface area (Å²) >= 11 is 6.04. The number of benzene rings is 3. The van der Waals surface area contributed by atoms with Gasteiger partial charge >= 0.3 is 0 Å². The number of carbonyl (C=O) groups is 4. The van der Waals surface area contributed by atoms with Gasteiger partial charge in [0.2, 0.25) is 23.6 Å². The summed E-state index contributed by atoms with van der Waals surface area (Å²) in [6.07, 6.45) is 2.46. The maximum absolute atomic E-state index is 14.4. The van der Waals surface area contributed by atoms with Gasteiger partial charge in [-0.2, -0.15) is 0 Å². The zero-order valence-corrected chi connectivity index (χ0v) is 23.1. The molecule has 0 aromatic heterocycles. The second-order valence-corrected chi connectivity index (χ2v) is 12.1. The molecule has 0 radical (unpaired) electrons. The standard InChI is InChI=1S/C32H26ClFN2O5/c1-32-22(29(39)36(31(32)41)16-8-12-24(34)23(33)13-16)14-21-18(10-11-19-25(21)30(40)35(2)28(19)38)26(32)20-9-7-15-5-3-4-6-17(15)27(20)37/h3-10,12-13,19,21-22,25-26,37H,11,14H2,1-2H3. The third-order valence-corrected chi connectivity index (χ3v) is 10.2. The van der Waals surface area contributed by atoms with E-state index in [2.05, 4.69) is 0 Å². The van der Waals surface area contributed by atoms with Gasteiger partial charge in [0.05, 0.1) is 33.9 Å². The van der Waals surface area contributed by atoms with Crippen LogP contribution >= 0.6 is 11.6 Å². The predicted molar refractivity (Wildman–Crippen MR) is 149 cm³/mol. The molecule has 3 aromatic rings. The van der Waals surface area contributed by atoms with E-state index < -0.39 is 52.6 Å². The molecule has 6 unspecified atom stereocenters. The number of hydrogen-bond acceptors (Lipinski definition) is 5. The van der Waals surface area contributed by atoms with Crippen LogP contribution in [0.1, 0.15) is 31.2 Å². The molecule has 3 fully saturated rings. The number of nitrogens with zero attached hydrogens (tertiary/aromatic N) is 2. The van der Waals surface area contributed by atoms with Crippen LogP contribution in [0.5, 0.6) is 5.75 Å². The molecule has 4 amide bonds. The van der Waals surface area contributed by atoms with E-state index in [9.17, 15) is 28.7 Å². The monoisotopic (exact) mass is 572 g/mol. The number of phenolic OH excluding ortho intramolecular Hbond substituents is 1. The number of halogens is 2. The van der Waals surface area contributed by atoms with Crippen molar-refractivity contribution in [3.8, 4) is 5.75 Å². The Morgan fingerprint density at radius 2 is 1.73 bits per heavy atom. The normalized spacial score (nSPS) is 30.9. The molecular formula is C32H26ClFN2O5. The summed E-state index contributed by atoms with van der Waals surface area (Å²) in [5, 5.41) is 12.8. The van der Waals surface area contributed by atoms with Crippen molar-refractivity contribution in [3.05, 3.63) is 82.6 Å². The SMILES string of the molecule is CN1C(=O)C2CC=C3C(CC4C(=O)N(c5ccc(F)c(Cl)c5)C(=O)C4(C)C3c3ccc4ccccc4c3O)C2C1=O. The zero-order chi connectivity index (χ0) is 29.0. The van der Waals surface area contributed by atoms with Crippen LogP contribution in [0, 0.1) is 34.9 Å². The van der Waals surface area contributed by atoms with Gasteiger partial charge in [-0.3, -0.25) is 24.1 Å². The number of anilines is 1. The number of carbonyl (C=O) groups excluding carboxylic acids is 4. The van der Waals surface area contributed by atoms with Crippen LogP contribution in [0.3, 0.4) is 0 Å². The maximum atomic E-state index is 14.4. The Labute approximate surface area is 240 Å². The fraction of sp³-hybridized carbons (Fsp3) is 0.312. The maximum Gasteiger partial charge on any atom is 0.241 e. The first-order valence-electron chi connectivity index (χ1n) is 13.6. The summed E-state index contributed by atoms with van der Waals surface area (Å²) in [6, 6.07) is 14.7. The van der Waals surface area contributed by atoms with E-state index in [0.717, 1.165) is 26.8 Å². The van der Waals surface area contributed by atoms with Gasteiger partial charge in [-0.15, -0.1) is 0 Å². The van der Waals surface area contributed by atoms with E-state index in [0.29, 0.717) is 17.4 Å². The smallest absolute Gasteiger partial charge is 0.241 e. The number of rotatable bonds is 2. The van der Waals surface area contributed by atoms with Crippen molar-refractivity contribution in [3.63, 3.8) is 0 Å². The van der Waals surface area contributed by atoms with Crippen molar-refractivity contribution in [1.82, 2.24) is 4.90 Å². The molecule has 2 aliphatic carbocycles. The molecule has 7 nitrogen and oxygen atoms in total. The number of aromatic hydroxyl groups is 1. The van der Waals surface area contributed by atoms with E-state index in [1.165, 1.54) is 19.2 Å². The Bertz CT molecular complexity index is 1750. The van der Waals surface area contributed by atoms with E-state index in [1.807, 2.05) is 30.3 Å². The molecule has 6 atom stereocenters. The van der Waals surface area contributed by atoms with Crippen molar-refractivity contribution >= 4 is 51.7 Å². The first kappa shape index (κ1) is 25.9. The number of phenols is 1. The van der Waals surface area contributed by atoms with Crippen LogP contribution in [-0.4, -0.2) is 40.7 Å². The molecule has 41 heavy (non-hydrogen) atoms. The molecule has 208 valence electrons. The third kappa shape index (κ3) is 3.31. The van der Waals surface area contributed by atoms with Crippen molar-refractivity contribution in [2.24, 2.45) is 29.1 Å². The summed E-state index contributed by atoms with van der Waals surface area (Å²) in [4.78, 5) is 57.1. The lowest BCUT2D eigenvalue weighted by Gasteiger charge is -2.49. The molecule has 1 N–H and O–H groups in total. The number of allylic oxidation sites excluding steroid dienone is 2. The van der Waals surface area contributed by atoms with Crippen molar-refractivity contribution in [2.75, 3.05) is 11.9 Å². The van der Waals surface area contributed by atoms with Gasteiger partial charge in [-0.25, -0.2) is 9.29 Å². The fourth-order valence-corrected chi connectivity index (χ4v) is 8.07. The Hall–Kier alpha value is -4.04. The van der Waals surface area contributed by atoms with Crippen molar-refractivity contribution in [2.45, 2.75) is 25.7 Å². The Morgan fingerprint density at radius 1 is 0.976 bits per heavy atom. The van der Waals surface area contributed by atoms with Crippen LogP contribution in [-0.2, 0) is 19.2 Å². The van der Waals surface area contributed by atoms with Crippen LogP contribution < -0.4 is 4.90 Å². The molecular weight excluding hydrogens is 547 g/mol. The molecule has 3 aromatic carbocycles. The highest BCUT2D eigenvalue weighted by Gasteiger charge is 2.67. The number of hydrogen-bond donors (Lipinski definition) is 1.